The van der Waals surface area contributed by atoms with E-state index in [4.69, 9.17) is 4.74 Å². The van der Waals surface area contributed by atoms with Crippen molar-refractivity contribution in [1.82, 2.24) is 0 Å². The molecule has 2 aromatic carbocycles. The van der Waals surface area contributed by atoms with Crippen molar-refractivity contribution in [2.45, 2.75) is 49.1 Å². The second kappa shape index (κ2) is 9.59. The average molecular weight is 455 g/mol. The van der Waals surface area contributed by atoms with Crippen molar-refractivity contribution in [1.29, 1.82) is 0 Å². The standard InChI is InChI=1S/C21H20F3NO5S/c22-21(23,24)16-8-11-19(18(12-16)25(27)28)31(29)13-20(26)30-17-9-6-15(7-10-17)14-4-2-1-3-5-14/h6-12,14H,1-5,13H2/t31-/m1/s1. The zero-order valence-electron chi connectivity index (χ0n) is 16.4. The number of carbonyl (C=O) groups excluding carboxylic acids is 1. The molecule has 0 aromatic heterocycles. The van der Waals surface area contributed by atoms with Crippen molar-refractivity contribution in [2.24, 2.45) is 0 Å². The van der Waals surface area contributed by atoms with Crippen LogP contribution >= 0.6 is 0 Å². The quantitative estimate of drug-likeness (QED) is 0.253. The van der Waals surface area contributed by atoms with Crippen LogP contribution in [0, 0.1) is 10.1 Å². The summed E-state index contributed by atoms with van der Waals surface area (Å²) in [4.78, 5) is 21.7. The van der Waals surface area contributed by atoms with Crippen LogP contribution in [0.5, 0.6) is 5.75 Å². The maximum absolute atomic E-state index is 12.8. The molecule has 0 aliphatic heterocycles. The first-order valence-corrected chi connectivity index (χ1v) is 11.0. The number of carbonyl (C=O) groups is 1. The average Bonchev–Trinajstić information content (AvgIpc) is 2.73. The smallest absolute Gasteiger partial charge is 0.416 e. The van der Waals surface area contributed by atoms with Crippen molar-refractivity contribution in [3.8, 4) is 5.75 Å². The Hall–Kier alpha value is -2.75. The van der Waals surface area contributed by atoms with Crippen LogP contribution in [0.25, 0.3) is 0 Å². The summed E-state index contributed by atoms with van der Waals surface area (Å²) in [6.07, 6.45) is 1.05. The van der Waals surface area contributed by atoms with Crippen LogP contribution in [-0.4, -0.2) is 20.9 Å². The Morgan fingerprint density at radius 1 is 1.10 bits per heavy atom. The van der Waals surface area contributed by atoms with Crippen molar-refractivity contribution < 1.29 is 31.8 Å². The van der Waals surface area contributed by atoms with Gasteiger partial charge in [0.2, 0.25) is 0 Å². The lowest BCUT2D eigenvalue weighted by atomic mass is 9.84. The van der Waals surface area contributed by atoms with E-state index in [0.29, 0.717) is 18.1 Å². The largest absolute Gasteiger partial charge is 0.426 e. The Morgan fingerprint density at radius 3 is 2.32 bits per heavy atom. The number of halogens is 3. The lowest BCUT2D eigenvalue weighted by Gasteiger charge is -2.22. The number of ether oxygens (including phenoxy) is 1. The van der Waals surface area contributed by atoms with Gasteiger partial charge in [-0.3, -0.25) is 19.1 Å². The van der Waals surface area contributed by atoms with E-state index in [2.05, 4.69) is 0 Å². The molecular formula is C21H20F3NO5S. The molecule has 0 heterocycles. The Kier molecular flexibility index (Phi) is 7.09. The Bertz CT molecular complexity index is 985. The van der Waals surface area contributed by atoms with E-state index >= 15 is 0 Å². The number of hydrogen-bond donors (Lipinski definition) is 0. The summed E-state index contributed by atoms with van der Waals surface area (Å²) in [5.74, 6) is -0.913. The van der Waals surface area contributed by atoms with E-state index in [-0.39, 0.29) is 5.75 Å². The predicted molar refractivity (Wildman–Crippen MR) is 107 cm³/mol. The summed E-state index contributed by atoms with van der Waals surface area (Å²) in [6, 6.07) is 8.66. The van der Waals surface area contributed by atoms with Crippen LogP contribution < -0.4 is 4.74 Å². The molecule has 0 saturated heterocycles. The van der Waals surface area contributed by atoms with Crippen LogP contribution in [0.2, 0.25) is 0 Å². The second-order valence-electron chi connectivity index (χ2n) is 7.31. The molecule has 31 heavy (non-hydrogen) atoms. The molecule has 3 rings (SSSR count). The molecular weight excluding hydrogens is 435 g/mol. The van der Waals surface area contributed by atoms with Crippen LogP contribution in [0.4, 0.5) is 18.9 Å². The van der Waals surface area contributed by atoms with Crippen LogP contribution in [-0.2, 0) is 21.8 Å². The van der Waals surface area contributed by atoms with Crippen molar-refractivity contribution in [3.63, 3.8) is 0 Å². The first-order chi connectivity index (χ1) is 14.6. The van der Waals surface area contributed by atoms with Crippen molar-refractivity contribution in [2.75, 3.05) is 5.75 Å². The minimum atomic E-state index is -4.78. The highest BCUT2D eigenvalue weighted by molar-refractivity contribution is 7.85. The van der Waals surface area contributed by atoms with Gasteiger partial charge in [0, 0.05) is 6.07 Å². The molecule has 0 bridgehead atoms. The van der Waals surface area contributed by atoms with Gasteiger partial charge in [-0.1, -0.05) is 31.4 Å². The van der Waals surface area contributed by atoms with Crippen LogP contribution in [0.3, 0.4) is 0 Å². The number of esters is 1. The van der Waals surface area contributed by atoms with Gasteiger partial charge >= 0.3 is 12.1 Å². The first kappa shape index (κ1) is 22.9. The zero-order valence-corrected chi connectivity index (χ0v) is 17.2. The van der Waals surface area contributed by atoms with E-state index in [9.17, 15) is 32.3 Å². The molecule has 10 heteroatoms. The van der Waals surface area contributed by atoms with Gasteiger partial charge < -0.3 is 4.74 Å². The van der Waals surface area contributed by atoms with Gasteiger partial charge in [0.15, 0.2) is 0 Å². The highest BCUT2D eigenvalue weighted by Gasteiger charge is 2.34. The molecule has 6 nitrogen and oxygen atoms in total. The lowest BCUT2D eigenvalue weighted by molar-refractivity contribution is -0.388. The highest BCUT2D eigenvalue weighted by atomic mass is 32.2. The Labute approximate surface area is 179 Å². The molecule has 1 aliphatic carbocycles. The van der Waals surface area contributed by atoms with Gasteiger partial charge in [0.05, 0.1) is 21.3 Å². The van der Waals surface area contributed by atoms with E-state index in [1.807, 2.05) is 12.1 Å². The second-order valence-corrected chi connectivity index (χ2v) is 8.72. The van der Waals surface area contributed by atoms with Crippen molar-refractivity contribution in [3.05, 3.63) is 63.7 Å². The van der Waals surface area contributed by atoms with Gasteiger partial charge in [0.25, 0.3) is 5.69 Å². The third-order valence-corrected chi connectivity index (χ3v) is 6.50. The lowest BCUT2D eigenvalue weighted by Crippen LogP contribution is -2.18. The number of alkyl halides is 3. The number of rotatable bonds is 6. The van der Waals surface area contributed by atoms with Gasteiger partial charge in [-0.25, -0.2) is 0 Å². The maximum Gasteiger partial charge on any atom is 0.416 e. The summed E-state index contributed by atoms with van der Waals surface area (Å²) in [6.45, 7) is 0. The maximum atomic E-state index is 12.8. The topological polar surface area (TPSA) is 86.5 Å². The molecule has 0 N–H and O–H groups in total. The molecule has 1 aliphatic rings. The van der Waals surface area contributed by atoms with E-state index < -0.39 is 49.8 Å². The number of nitro benzene ring substituents is 1. The minimum Gasteiger partial charge on any atom is -0.426 e. The molecule has 0 radical (unpaired) electrons. The molecule has 1 fully saturated rings. The third-order valence-electron chi connectivity index (χ3n) is 5.17. The fraction of sp³-hybridized carbons (Fsp3) is 0.381. The first-order valence-electron chi connectivity index (χ1n) is 9.70. The molecule has 0 amide bonds. The fourth-order valence-electron chi connectivity index (χ4n) is 3.62. The Balaban J connectivity index is 1.66. The fourth-order valence-corrected chi connectivity index (χ4v) is 4.63. The van der Waals surface area contributed by atoms with Gasteiger partial charge in [0.1, 0.15) is 16.4 Å². The van der Waals surface area contributed by atoms with E-state index in [1.165, 1.54) is 19.3 Å². The number of nitro groups is 1. The van der Waals surface area contributed by atoms with E-state index in [1.54, 1.807) is 12.1 Å². The summed E-state index contributed by atoms with van der Waals surface area (Å²) in [7, 11) is -2.25. The predicted octanol–water partition coefficient (Wildman–Crippen LogP) is 5.37. The molecule has 1 saturated carbocycles. The van der Waals surface area contributed by atoms with Gasteiger partial charge in [-0.15, -0.1) is 0 Å². The molecule has 0 spiro atoms. The minimum absolute atomic E-state index is 0.239. The Morgan fingerprint density at radius 2 is 1.74 bits per heavy atom. The zero-order chi connectivity index (χ0) is 22.6. The summed E-state index contributed by atoms with van der Waals surface area (Å²) in [5.41, 5.74) is -1.04. The highest BCUT2D eigenvalue weighted by Crippen LogP contribution is 2.35. The van der Waals surface area contributed by atoms with Gasteiger partial charge in [-0.05, 0) is 48.6 Å². The van der Waals surface area contributed by atoms with Crippen molar-refractivity contribution >= 4 is 22.5 Å². The third kappa shape index (κ3) is 5.90. The van der Waals surface area contributed by atoms with E-state index in [0.717, 1.165) is 24.5 Å². The number of hydrogen-bond acceptors (Lipinski definition) is 5. The summed E-state index contributed by atoms with van der Waals surface area (Å²) in [5, 5.41) is 11.1. The van der Waals surface area contributed by atoms with Gasteiger partial charge in [-0.2, -0.15) is 13.2 Å². The van der Waals surface area contributed by atoms with Crippen LogP contribution in [0.1, 0.15) is 49.1 Å². The summed E-state index contributed by atoms with van der Waals surface area (Å²) < 4.78 is 55.9. The number of benzene rings is 2. The number of nitrogens with zero attached hydrogens (tertiary/aromatic N) is 1. The van der Waals surface area contributed by atoms with Crippen LogP contribution in [0.15, 0.2) is 47.4 Å². The molecule has 1 atom stereocenters. The normalized spacial score (nSPS) is 16.0. The summed E-state index contributed by atoms with van der Waals surface area (Å²) >= 11 is 0. The SMILES string of the molecule is O=C(C[S@@](=O)c1ccc(C(F)(F)F)cc1[N+](=O)[O-])Oc1ccc(C2CCCCC2)cc1. The monoisotopic (exact) mass is 455 g/mol. The molecule has 0 unspecified atom stereocenters. The molecule has 166 valence electrons. The molecule has 2 aromatic rings.